The third kappa shape index (κ3) is 3.84. The normalized spacial score (nSPS) is 12.4. The molecule has 0 fully saturated rings. The summed E-state index contributed by atoms with van der Waals surface area (Å²) in [5.74, 6) is 1.58. The van der Waals surface area contributed by atoms with Crippen LogP contribution in [0, 0.1) is 0 Å². The number of hydrogen-bond donors (Lipinski definition) is 2. The van der Waals surface area contributed by atoms with Crippen LogP contribution in [0.4, 0.5) is 11.5 Å². The van der Waals surface area contributed by atoms with Gasteiger partial charge in [-0.15, -0.1) is 11.3 Å². The number of nitrogens with one attached hydrogen (secondary N) is 1. The molecule has 2 rings (SSSR count). The van der Waals surface area contributed by atoms with Crippen LogP contribution in [0.3, 0.4) is 0 Å². The summed E-state index contributed by atoms with van der Waals surface area (Å²) < 4.78 is 5.58. The van der Waals surface area contributed by atoms with Crippen molar-refractivity contribution in [3.63, 3.8) is 0 Å². The van der Waals surface area contributed by atoms with Gasteiger partial charge in [-0.3, -0.25) is 0 Å². The van der Waals surface area contributed by atoms with Gasteiger partial charge in [0.15, 0.2) is 0 Å². The highest BCUT2D eigenvalue weighted by atomic mass is 32.1. The van der Waals surface area contributed by atoms with Gasteiger partial charge in [0.1, 0.15) is 5.82 Å². The molecule has 0 saturated carbocycles. The van der Waals surface area contributed by atoms with Crippen molar-refractivity contribution in [3.05, 3.63) is 28.7 Å². The van der Waals surface area contributed by atoms with Crippen molar-refractivity contribution in [2.24, 2.45) is 0 Å². The lowest BCUT2D eigenvalue weighted by molar-refractivity contribution is 0.234. The van der Waals surface area contributed by atoms with Gasteiger partial charge in [-0.05, 0) is 26.0 Å². The molecule has 0 spiro atoms. The molecule has 20 heavy (non-hydrogen) atoms. The van der Waals surface area contributed by atoms with Gasteiger partial charge in [0, 0.05) is 24.0 Å². The van der Waals surface area contributed by atoms with Crippen LogP contribution in [0.2, 0.25) is 0 Å². The first-order valence-corrected chi connectivity index (χ1v) is 7.50. The van der Waals surface area contributed by atoms with E-state index >= 15 is 0 Å². The van der Waals surface area contributed by atoms with Crippen molar-refractivity contribution in [3.8, 4) is 5.88 Å². The molecule has 1 unspecified atom stereocenters. The molecule has 2 aromatic heterocycles. The summed E-state index contributed by atoms with van der Waals surface area (Å²) in [6.45, 7) is 6.80. The van der Waals surface area contributed by atoms with Crippen LogP contribution in [0.1, 0.15) is 31.7 Å². The predicted molar refractivity (Wildman–Crippen MR) is 83.4 cm³/mol. The monoisotopic (exact) mass is 292 g/mol. The van der Waals surface area contributed by atoms with Gasteiger partial charge in [-0.25, -0.2) is 4.98 Å². The largest absolute Gasteiger partial charge is 0.473 e. The second-order valence-corrected chi connectivity index (χ2v) is 5.84. The van der Waals surface area contributed by atoms with E-state index in [-0.39, 0.29) is 6.10 Å². The summed E-state index contributed by atoms with van der Waals surface area (Å²) in [7, 11) is 0. The third-order valence-corrected chi connectivity index (χ3v) is 3.71. The Bertz CT molecular complexity index is 542. The van der Waals surface area contributed by atoms with Gasteiger partial charge < -0.3 is 15.8 Å². The summed E-state index contributed by atoms with van der Waals surface area (Å²) in [6, 6.07) is 3.66. The molecule has 0 bridgehead atoms. The molecular weight excluding hydrogens is 272 g/mol. The maximum atomic E-state index is 5.85. The van der Waals surface area contributed by atoms with Crippen LogP contribution < -0.4 is 15.8 Å². The standard InChI is InChI=1S/C14H20N4OS/c1-9(2)19-13-11(15)4-5-12(18-13)17-8-10(3)14-16-6-7-20-14/h4-7,9-10H,8,15H2,1-3H3,(H,17,18). The molecule has 108 valence electrons. The zero-order chi connectivity index (χ0) is 14.5. The van der Waals surface area contributed by atoms with E-state index < -0.39 is 0 Å². The zero-order valence-electron chi connectivity index (χ0n) is 12.0. The Morgan fingerprint density at radius 3 is 2.80 bits per heavy atom. The molecule has 5 nitrogen and oxygen atoms in total. The van der Waals surface area contributed by atoms with Crippen molar-refractivity contribution in [1.82, 2.24) is 9.97 Å². The number of nitrogen functional groups attached to an aromatic ring is 1. The lowest BCUT2D eigenvalue weighted by atomic mass is 10.2. The average Bonchev–Trinajstić information content (AvgIpc) is 2.92. The SMILES string of the molecule is CC(C)Oc1nc(NCC(C)c2nccs2)ccc1N. The highest BCUT2D eigenvalue weighted by Gasteiger charge is 2.10. The fraction of sp³-hybridized carbons (Fsp3) is 0.429. The van der Waals surface area contributed by atoms with E-state index in [9.17, 15) is 0 Å². The van der Waals surface area contributed by atoms with Crippen molar-refractivity contribution >= 4 is 22.8 Å². The number of rotatable bonds is 6. The van der Waals surface area contributed by atoms with Crippen LogP contribution in [-0.2, 0) is 0 Å². The van der Waals surface area contributed by atoms with Crippen molar-refractivity contribution < 1.29 is 4.74 Å². The zero-order valence-corrected chi connectivity index (χ0v) is 12.8. The summed E-state index contributed by atoms with van der Waals surface area (Å²) in [4.78, 5) is 8.70. The van der Waals surface area contributed by atoms with E-state index in [0.29, 0.717) is 17.5 Å². The highest BCUT2D eigenvalue weighted by Crippen LogP contribution is 2.23. The number of nitrogens with two attached hydrogens (primary N) is 1. The summed E-state index contributed by atoms with van der Waals surface area (Å²) in [5.41, 5.74) is 6.40. The van der Waals surface area contributed by atoms with Crippen molar-refractivity contribution in [2.75, 3.05) is 17.6 Å². The Hall–Kier alpha value is -1.82. The van der Waals surface area contributed by atoms with Gasteiger partial charge in [0.2, 0.25) is 5.88 Å². The third-order valence-electron chi connectivity index (χ3n) is 2.70. The number of aromatic nitrogens is 2. The summed E-state index contributed by atoms with van der Waals surface area (Å²) >= 11 is 1.66. The average molecular weight is 292 g/mol. The molecule has 0 aliphatic carbocycles. The highest BCUT2D eigenvalue weighted by molar-refractivity contribution is 7.09. The lowest BCUT2D eigenvalue weighted by Gasteiger charge is -2.14. The van der Waals surface area contributed by atoms with Crippen molar-refractivity contribution in [2.45, 2.75) is 32.8 Å². The number of pyridine rings is 1. The van der Waals surface area contributed by atoms with Crippen LogP contribution in [0.5, 0.6) is 5.88 Å². The number of anilines is 2. The number of hydrogen-bond acceptors (Lipinski definition) is 6. The molecule has 0 radical (unpaired) electrons. The minimum absolute atomic E-state index is 0.0503. The van der Waals surface area contributed by atoms with Gasteiger partial charge in [-0.1, -0.05) is 6.92 Å². The number of nitrogens with zero attached hydrogens (tertiary/aromatic N) is 2. The Labute approximate surface area is 123 Å². The van der Waals surface area contributed by atoms with E-state index in [1.165, 1.54) is 0 Å². The van der Waals surface area contributed by atoms with Crippen LogP contribution >= 0.6 is 11.3 Å². The predicted octanol–water partition coefficient (Wildman–Crippen LogP) is 3.12. The first kappa shape index (κ1) is 14.6. The molecule has 0 aromatic carbocycles. The molecule has 2 aromatic rings. The molecule has 1 atom stereocenters. The Morgan fingerprint density at radius 1 is 1.35 bits per heavy atom. The Kier molecular flexibility index (Phi) is 4.79. The first-order chi connectivity index (χ1) is 9.56. The van der Waals surface area contributed by atoms with E-state index in [0.717, 1.165) is 17.4 Å². The van der Waals surface area contributed by atoms with Gasteiger partial charge in [-0.2, -0.15) is 4.98 Å². The maximum absolute atomic E-state index is 5.85. The summed E-state index contributed by atoms with van der Waals surface area (Å²) in [6.07, 6.45) is 1.88. The first-order valence-electron chi connectivity index (χ1n) is 6.62. The Morgan fingerprint density at radius 2 is 2.15 bits per heavy atom. The molecule has 0 saturated heterocycles. The van der Waals surface area contributed by atoms with Crippen LogP contribution in [0.25, 0.3) is 0 Å². The van der Waals surface area contributed by atoms with Gasteiger partial charge >= 0.3 is 0 Å². The number of thiazole rings is 1. The number of ether oxygens (including phenoxy) is 1. The summed E-state index contributed by atoms with van der Waals surface area (Å²) in [5, 5.41) is 6.40. The molecule has 0 aliphatic rings. The lowest BCUT2D eigenvalue weighted by Crippen LogP contribution is -2.13. The second-order valence-electron chi connectivity index (χ2n) is 4.91. The smallest absolute Gasteiger partial charge is 0.239 e. The maximum Gasteiger partial charge on any atom is 0.239 e. The minimum Gasteiger partial charge on any atom is -0.473 e. The fourth-order valence-corrected chi connectivity index (χ4v) is 2.39. The van der Waals surface area contributed by atoms with E-state index in [4.69, 9.17) is 10.5 Å². The second kappa shape index (κ2) is 6.56. The molecule has 2 heterocycles. The Balaban J connectivity index is 1.99. The van der Waals surface area contributed by atoms with Crippen LogP contribution in [-0.4, -0.2) is 22.6 Å². The van der Waals surface area contributed by atoms with Crippen molar-refractivity contribution in [1.29, 1.82) is 0 Å². The fourth-order valence-electron chi connectivity index (χ4n) is 1.69. The molecule has 3 N–H and O–H groups in total. The quantitative estimate of drug-likeness (QED) is 0.855. The molecular formula is C14H20N4OS. The molecule has 0 aliphatic heterocycles. The molecule has 6 heteroatoms. The minimum atomic E-state index is 0.0503. The van der Waals surface area contributed by atoms with Crippen LogP contribution in [0.15, 0.2) is 23.7 Å². The van der Waals surface area contributed by atoms with Gasteiger partial charge in [0.25, 0.3) is 0 Å². The molecule has 0 amide bonds. The van der Waals surface area contributed by atoms with E-state index in [1.54, 1.807) is 17.4 Å². The topological polar surface area (TPSA) is 73.1 Å². The van der Waals surface area contributed by atoms with Gasteiger partial charge in [0.05, 0.1) is 16.8 Å². The van der Waals surface area contributed by atoms with E-state index in [2.05, 4.69) is 22.2 Å². The van der Waals surface area contributed by atoms with E-state index in [1.807, 2.05) is 31.5 Å².